The Balaban J connectivity index is 1.77. The first kappa shape index (κ1) is 16.9. The molecule has 0 saturated carbocycles. The van der Waals surface area contributed by atoms with Gasteiger partial charge in [-0.05, 0) is 31.9 Å². The number of fused-ring (bicyclic) bond motifs is 1. The van der Waals surface area contributed by atoms with Gasteiger partial charge in [-0.25, -0.2) is 4.98 Å². The summed E-state index contributed by atoms with van der Waals surface area (Å²) in [6.07, 6.45) is 5.14. The fraction of sp³-hybridized carbons (Fsp3) is 0.333. The third kappa shape index (κ3) is 3.31. The largest absolute Gasteiger partial charge is 0.364 e. The molecule has 1 aliphatic carbocycles. The lowest BCUT2D eigenvalue weighted by atomic mass is 9.93. The first-order valence-electron chi connectivity index (χ1n) is 8.30. The first-order chi connectivity index (χ1) is 12.0. The SMILES string of the molecule is CCN(C(C)=O)c1ccc(NC(=O)c2c[nH]c3c2C(=O)CCC3)cn1. The molecule has 0 radical (unpaired) electrons. The lowest BCUT2D eigenvalue weighted by Gasteiger charge is -2.18. The molecule has 0 saturated heterocycles. The van der Waals surface area contributed by atoms with Gasteiger partial charge in [-0.2, -0.15) is 0 Å². The monoisotopic (exact) mass is 340 g/mol. The minimum atomic E-state index is -0.346. The molecule has 2 aromatic heterocycles. The molecule has 3 rings (SSSR count). The minimum absolute atomic E-state index is 0.00108. The molecule has 0 aliphatic heterocycles. The van der Waals surface area contributed by atoms with Crippen molar-refractivity contribution in [3.63, 3.8) is 0 Å². The highest BCUT2D eigenvalue weighted by Crippen LogP contribution is 2.25. The van der Waals surface area contributed by atoms with Crippen LogP contribution in [0.2, 0.25) is 0 Å². The van der Waals surface area contributed by atoms with E-state index < -0.39 is 0 Å². The van der Waals surface area contributed by atoms with Crippen LogP contribution in [0.3, 0.4) is 0 Å². The van der Waals surface area contributed by atoms with Crippen LogP contribution in [0.5, 0.6) is 0 Å². The predicted octanol–water partition coefficient (Wildman–Crippen LogP) is 2.55. The third-order valence-corrected chi connectivity index (χ3v) is 4.29. The number of carbonyl (C=O) groups is 3. The number of Topliss-reactive ketones (excluding diaryl/α,β-unsaturated/α-hetero) is 1. The second-order valence-electron chi connectivity index (χ2n) is 5.96. The number of nitrogens with zero attached hydrogens (tertiary/aromatic N) is 2. The van der Waals surface area contributed by atoms with Crippen molar-refractivity contribution < 1.29 is 14.4 Å². The van der Waals surface area contributed by atoms with E-state index >= 15 is 0 Å². The maximum absolute atomic E-state index is 12.5. The molecule has 25 heavy (non-hydrogen) atoms. The number of aromatic amines is 1. The summed E-state index contributed by atoms with van der Waals surface area (Å²) in [5.74, 6) is 0.0915. The average molecular weight is 340 g/mol. The molecular formula is C18H20N4O3. The topological polar surface area (TPSA) is 95.2 Å². The standard InChI is InChI=1S/C18H20N4O3/c1-3-22(11(2)23)16-8-7-12(9-20-16)21-18(25)13-10-19-14-5-4-6-15(24)17(13)14/h7-10,19H,3-6H2,1-2H3,(H,21,25). The molecule has 0 atom stereocenters. The Morgan fingerprint density at radius 2 is 2.12 bits per heavy atom. The van der Waals surface area contributed by atoms with Gasteiger partial charge in [0.1, 0.15) is 5.82 Å². The molecule has 0 fully saturated rings. The molecule has 130 valence electrons. The number of hydrogen-bond donors (Lipinski definition) is 2. The Morgan fingerprint density at radius 3 is 2.76 bits per heavy atom. The van der Waals surface area contributed by atoms with Crippen LogP contribution in [-0.2, 0) is 11.2 Å². The number of hydrogen-bond acceptors (Lipinski definition) is 4. The van der Waals surface area contributed by atoms with E-state index in [1.54, 1.807) is 18.3 Å². The van der Waals surface area contributed by atoms with Crippen molar-refractivity contribution in [2.75, 3.05) is 16.8 Å². The van der Waals surface area contributed by atoms with E-state index in [2.05, 4.69) is 15.3 Å². The van der Waals surface area contributed by atoms with Crippen molar-refractivity contribution in [3.05, 3.63) is 41.3 Å². The summed E-state index contributed by atoms with van der Waals surface area (Å²) in [7, 11) is 0. The molecule has 0 aromatic carbocycles. The smallest absolute Gasteiger partial charge is 0.257 e. The minimum Gasteiger partial charge on any atom is -0.364 e. The molecule has 7 nitrogen and oxygen atoms in total. The van der Waals surface area contributed by atoms with Gasteiger partial charge in [0.2, 0.25) is 5.91 Å². The molecule has 2 N–H and O–H groups in total. The highest BCUT2D eigenvalue weighted by atomic mass is 16.2. The summed E-state index contributed by atoms with van der Waals surface area (Å²) in [5, 5.41) is 2.75. The Bertz CT molecular complexity index is 823. The van der Waals surface area contributed by atoms with E-state index in [4.69, 9.17) is 0 Å². The number of aryl methyl sites for hydroxylation is 1. The number of pyridine rings is 1. The van der Waals surface area contributed by atoms with Crippen molar-refractivity contribution in [1.82, 2.24) is 9.97 Å². The van der Waals surface area contributed by atoms with Crippen molar-refractivity contribution in [3.8, 4) is 0 Å². The van der Waals surface area contributed by atoms with E-state index in [1.807, 2.05) is 6.92 Å². The van der Waals surface area contributed by atoms with E-state index in [0.29, 0.717) is 35.6 Å². The molecular weight excluding hydrogens is 320 g/mol. The zero-order valence-corrected chi connectivity index (χ0v) is 14.3. The van der Waals surface area contributed by atoms with Crippen molar-refractivity contribution in [1.29, 1.82) is 0 Å². The quantitative estimate of drug-likeness (QED) is 0.894. The average Bonchev–Trinajstić information content (AvgIpc) is 3.02. The van der Waals surface area contributed by atoms with Gasteiger partial charge in [-0.15, -0.1) is 0 Å². The number of carbonyl (C=O) groups excluding carboxylic acids is 3. The van der Waals surface area contributed by atoms with Gasteiger partial charge in [0.25, 0.3) is 5.91 Å². The highest BCUT2D eigenvalue weighted by Gasteiger charge is 2.25. The summed E-state index contributed by atoms with van der Waals surface area (Å²) >= 11 is 0. The highest BCUT2D eigenvalue weighted by molar-refractivity contribution is 6.13. The van der Waals surface area contributed by atoms with E-state index in [9.17, 15) is 14.4 Å². The van der Waals surface area contributed by atoms with Gasteiger partial charge in [-0.3, -0.25) is 19.3 Å². The molecule has 0 bridgehead atoms. The number of amides is 2. The molecule has 2 aromatic rings. The first-order valence-corrected chi connectivity index (χ1v) is 8.30. The number of ketones is 1. The van der Waals surface area contributed by atoms with Crippen LogP contribution in [0.25, 0.3) is 0 Å². The molecule has 0 unspecified atom stereocenters. The maximum atomic E-state index is 12.5. The summed E-state index contributed by atoms with van der Waals surface area (Å²) in [6.45, 7) is 3.86. The second kappa shape index (κ2) is 6.88. The van der Waals surface area contributed by atoms with Gasteiger partial charge in [0, 0.05) is 31.8 Å². The summed E-state index contributed by atoms with van der Waals surface area (Å²) in [6, 6.07) is 3.37. The van der Waals surface area contributed by atoms with Crippen LogP contribution in [0.4, 0.5) is 11.5 Å². The Morgan fingerprint density at radius 1 is 1.32 bits per heavy atom. The van der Waals surface area contributed by atoms with Gasteiger partial charge < -0.3 is 10.3 Å². The van der Waals surface area contributed by atoms with Gasteiger partial charge in [0.05, 0.1) is 23.0 Å². The lowest BCUT2D eigenvalue weighted by Crippen LogP contribution is -2.28. The van der Waals surface area contributed by atoms with E-state index in [1.165, 1.54) is 18.0 Å². The third-order valence-electron chi connectivity index (χ3n) is 4.29. The van der Waals surface area contributed by atoms with Crippen molar-refractivity contribution in [2.45, 2.75) is 33.1 Å². The Hall–Kier alpha value is -2.96. The fourth-order valence-corrected chi connectivity index (χ4v) is 3.08. The fourth-order valence-electron chi connectivity index (χ4n) is 3.08. The van der Waals surface area contributed by atoms with Crippen LogP contribution >= 0.6 is 0 Å². The number of H-pyrrole nitrogens is 1. The number of rotatable bonds is 4. The Labute approximate surface area is 145 Å². The van der Waals surface area contributed by atoms with Gasteiger partial charge >= 0.3 is 0 Å². The lowest BCUT2D eigenvalue weighted by molar-refractivity contribution is -0.116. The molecule has 7 heteroatoms. The zero-order valence-electron chi connectivity index (χ0n) is 14.3. The van der Waals surface area contributed by atoms with Crippen molar-refractivity contribution in [2.24, 2.45) is 0 Å². The zero-order chi connectivity index (χ0) is 18.0. The van der Waals surface area contributed by atoms with Crippen LogP contribution in [0.1, 0.15) is 53.1 Å². The molecule has 1 aliphatic rings. The van der Waals surface area contributed by atoms with Crippen LogP contribution in [0.15, 0.2) is 24.5 Å². The van der Waals surface area contributed by atoms with Gasteiger partial charge in [-0.1, -0.05) is 0 Å². The molecule has 0 spiro atoms. The molecule has 2 amide bonds. The normalized spacial score (nSPS) is 13.3. The van der Waals surface area contributed by atoms with Crippen molar-refractivity contribution >= 4 is 29.1 Å². The summed E-state index contributed by atoms with van der Waals surface area (Å²) in [5.41, 5.74) is 2.20. The maximum Gasteiger partial charge on any atom is 0.257 e. The Kier molecular flexibility index (Phi) is 4.65. The van der Waals surface area contributed by atoms with E-state index in [-0.39, 0.29) is 17.6 Å². The number of anilines is 2. The summed E-state index contributed by atoms with van der Waals surface area (Å²) in [4.78, 5) is 44.9. The summed E-state index contributed by atoms with van der Waals surface area (Å²) < 4.78 is 0. The van der Waals surface area contributed by atoms with Crippen LogP contribution in [-0.4, -0.2) is 34.1 Å². The number of aromatic nitrogens is 2. The van der Waals surface area contributed by atoms with Gasteiger partial charge in [0.15, 0.2) is 5.78 Å². The number of nitrogens with one attached hydrogen (secondary N) is 2. The van der Waals surface area contributed by atoms with Crippen LogP contribution < -0.4 is 10.2 Å². The van der Waals surface area contributed by atoms with E-state index in [0.717, 1.165) is 18.5 Å². The predicted molar refractivity (Wildman–Crippen MR) is 94.0 cm³/mol. The molecule has 2 heterocycles. The second-order valence-corrected chi connectivity index (χ2v) is 5.96. The van der Waals surface area contributed by atoms with Crippen LogP contribution in [0, 0.1) is 0 Å².